The van der Waals surface area contributed by atoms with Gasteiger partial charge in [-0.15, -0.1) is 0 Å². The summed E-state index contributed by atoms with van der Waals surface area (Å²) < 4.78 is 0. The van der Waals surface area contributed by atoms with E-state index in [0.717, 1.165) is 29.2 Å². The van der Waals surface area contributed by atoms with Gasteiger partial charge in [0.1, 0.15) is 10.7 Å². The third-order valence-corrected chi connectivity index (χ3v) is 4.52. The number of anilines is 3. The molecule has 1 aromatic heterocycles. The third kappa shape index (κ3) is 2.85. The molecule has 1 amide bonds. The zero-order valence-electron chi connectivity index (χ0n) is 12.1. The van der Waals surface area contributed by atoms with E-state index in [1.54, 1.807) is 11.9 Å². The zero-order valence-corrected chi connectivity index (χ0v) is 12.9. The number of nitrogens with zero attached hydrogens (tertiary/aromatic N) is 2. The van der Waals surface area contributed by atoms with Gasteiger partial charge in [0.25, 0.3) is 5.91 Å². The van der Waals surface area contributed by atoms with E-state index in [1.807, 2.05) is 31.2 Å². The first-order valence-corrected chi connectivity index (χ1v) is 7.74. The van der Waals surface area contributed by atoms with Crippen molar-refractivity contribution in [3.63, 3.8) is 0 Å². The number of nitrogen functional groups attached to an aromatic ring is 1. The van der Waals surface area contributed by atoms with Crippen LogP contribution in [0.15, 0.2) is 24.3 Å². The number of aryl methyl sites for hydroxylation is 1. The van der Waals surface area contributed by atoms with Gasteiger partial charge in [-0.3, -0.25) is 4.79 Å². The smallest absolute Gasteiger partial charge is 0.272 e. The van der Waals surface area contributed by atoms with Crippen LogP contribution in [0.25, 0.3) is 0 Å². The molecular formula is C15H18N4OS. The van der Waals surface area contributed by atoms with Gasteiger partial charge in [-0.05, 0) is 31.4 Å². The Kier molecular flexibility index (Phi) is 3.55. The maximum absolute atomic E-state index is 12.6. The van der Waals surface area contributed by atoms with Crippen LogP contribution in [0.2, 0.25) is 0 Å². The van der Waals surface area contributed by atoms with E-state index in [-0.39, 0.29) is 5.91 Å². The van der Waals surface area contributed by atoms with Gasteiger partial charge < -0.3 is 16.0 Å². The second kappa shape index (κ2) is 5.37. The van der Waals surface area contributed by atoms with E-state index in [4.69, 9.17) is 5.73 Å². The molecule has 1 heterocycles. The number of hydrogen-bond donors (Lipinski definition) is 2. The molecule has 0 atom stereocenters. The summed E-state index contributed by atoms with van der Waals surface area (Å²) in [5.41, 5.74) is 7.83. The molecule has 6 heteroatoms. The van der Waals surface area contributed by atoms with Crippen LogP contribution in [-0.4, -0.2) is 24.0 Å². The quantitative estimate of drug-likeness (QED) is 0.911. The number of aromatic nitrogens is 1. The van der Waals surface area contributed by atoms with Crippen molar-refractivity contribution in [1.82, 2.24) is 4.98 Å². The lowest BCUT2D eigenvalue weighted by Gasteiger charge is -2.18. The van der Waals surface area contributed by atoms with E-state index in [0.29, 0.717) is 16.7 Å². The van der Waals surface area contributed by atoms with Gasteiger partial charge in [0, 0.05) is 18.8 Å². The highest BCUT2D eigenvalue weighted by Gasteiger charge is 2.25. The van der Waals surface area contributed by atoms with Crippen LogP contribution < -0.4 is 16.0 Å². The highest BCUT2D eigenvalue weighted by Crippen LogP contribution is 2.32. The number of carbonyl (C=O) groups excluding carboxylic acids is 1. The first-order chi connectivity index (χ1) is 10.1. The van der Waals surface area contributed by atoms with Gasteiger partial charge in [-0.25, -0.2) is 4.98 Å². The monoisotopic (exact) mass is 302 g/mol. The van der Waals surface area contributed by atoms with Crippen molar-refractivity contribution in [2.45, 2.75) is 25.8 Å². The van der Waals surface area contributed by atoms with E-state index >= 15 is 0 Å². The highest BCUT2D eigenvalue weighted by atomic mass is 32.1. The molecule has 0 spiro atoms. The van der Waals surface area contributed by atoms with Gasteiger partial charge in [-0.1, -0.05) is 29.5 Å². The first kappa shape index (κ1) is 13.9. The van der Waals surface area contributed by atoms with Crippen molar-refractivity contribution in [1.29, 1.82) is 0 Å². The van der Waals surface area contributed by atoms with Gasteiger partial charge in [-0.2, -0.15) is 0 Å². The predicted molar refractivity (Wildman–Crippen MR) is 87.1 cm³/mol. The minimum absolute atomic E-state index is 0.122. The maximum atomic E-state index is 12.6. The standard InChI is InChI=1S/C15H18N4OS/c1-9-5-3-4-6-11(9)19(2)14(20)12-13(16)18-15(21-12)17-10-7-8-10/h3-6,10H,7-8,16H2,1-2H3,(H,17,18). The lowest BCUT2D eigenvalue weighted by molar-refractivity contribution is 0.0997. The Morgan fingerprint density at radius 2 is 2.14 bits per heavy atom. The average Bonchev–Trinajstić information content (AvgIpc) is 3.20. The summed E-state index contributed by atoms with van der Waals surface area (Å²) in [5.74, 6) is 0.178. The molecule has 3 rings (SSSR count). The van der Waals surface area contributed by atoms with E-state index in [9.17, 15) is 4.79 Å². The minimum atomic E-state index is -0.122. The van der Waals surface area contributed by atoms with Crippen molar-refractivity contribution >= 4 is 33.9 Å². The largest absolute Gasteiger partial charge is 0.382 e. The Bertz CT molecular complexity index is 678. The average molecular weight is 302 g/mol. The Morgan fingerprint density at radius 3 is 2.81 bits per heavy atom. The number of hydrogen-bond acceptors (Lipinski definition) is 5. The van der Waals surface area contributed by atoms with E-state index < -0.39 is 0 Å². The number of amides is 1. The molecule has 2 aromatic rings. The summed E-state index contributed by atoms with van der Waals surface area (Å²) in [4.78, 5) is 19.0. The summed E-state index contributed by atoms with van der Waals surface area (Å²) >= 11 is 1.33. The summed E-state index contributed by atoms with van der Waals surface area (Å²) in [6.07, 6.45) is 2.32. The van der Waals surface area contributed by atoms with Crippen molar-refractivity contribution in [2.75, 3.05) is 23.0 Å². The Morgan fingerprint density at radius 1 is 1.43 bits per heavy atom. The number of thiazole rings is 1. The predicted octanol–water partition coefficient (Wildman–Crippen LogP) is 2.88. The van der Waals surface area contributed by atoms with Crippen LogP contribution in [0.1, 0.15) is 28.1 Å². The molecule has 0 unspecified atom stereocenters. The molecule has 5 nitrogen and oxygen atoms in total. The van der Waals surface area contributed by atoms with Gasteiger partial charge in [0.15, 0.2) is 5.13 Å². The summed E-state index contributed by atoms with van der Waals surface area (Å²) in [5, 5.41) is 4.01. The molecule has 0 saturated heterocycles. The molecule has 1 saturated carbocycles. The molecule has 1 aromatic carbocycles. The number of rotatable bonds is 4. The van der Waals surface area contributed by atoms with Gasteiger partial charge in [0.05, 0.1) is 0 Å². The van der Waals surface area contributed by atoms with Crippen LogP contribution in [0, 0.1) is 6.92 Å². The molecular weight excluding hydrogens is 284 g/mol. The maximum Gasteiger partial charge on any atom is 0.272 e. The van der Waals surface area contributed by atoms with Gasteiger partial charge in [0.2, 0.25) is 0 Å². The third-order valence-electron chi connectivity index (χ3n) is 3.53. The Hall–Kier alpha value is -2.08. The fraction of sp³-hybridized carbons (Fsp3) is 0.333. The molecule has 0 radical (unpaired) electrons. The number of nitrogens with one attached hydrogen (secondary N) is 1. The molecule has 110 valence electrons. The van der Waals surface area contributed by atoms with E-state index in [1.165, 1.54) is 11.3 Å². The summed E-state index contributed by atoms with van der Waals surface area (Å²) in [7, 11) is 1.76. The zero-order chi connectivity index (χ0) is 15.0. The minimum Gasteiger partial charge on any atom is -0.382 e. The molecule has 21 heavy (non-hydrogen) atoms. The molecule has 3 N–H and O–H groups in total. The molecule has 0 aliphatic heterocycles. The van der Waals surface area contributed by atoms with Crippen molar-refractivity contribution in [3.8, 4) is 0 Å². The molecule has 0 bridgehead atoms. The lowest BCUT2D eigenvalue weighted by atomic mass is 10.2. The number of nitrogens with two attached hydrogens (primary N) is 1. The lowest BCUT2D eigenvalue weighted by Crippen LogP contribution is -2.26. The number of para-hydroxylation sites is 1. The SMILES string of the molecule is Cc1ccccc1N(C)C(=O)c1sc(NC2CC2)nc1N. The topological polar surface area (TPSA) is 71.2 Å². The fourth-order valence-corrected chi connectivity index (χ4v) is 3.09. The number of benzene rings is 1. The van der Waals surface area contributed by atoms with Gasteiger partial charge >= 0.3 is 0 Å². The van der Waals surface area contributed by atoms with Crippen molar-refractivity contribution in [3.05, 3.63) is 34.7 Å². The normalized spacial score (nSPS) is 14.0. The molecule has 1 fully saturated rings. The van der Waals surface area contributed by atoms with Crippen LogP contribution in [-0.2, 0) is 0 Å². The van der Waals surface area contributed by atoms with Crippen LogP contribution in [0.3, 0.4) is 0 Å². The number of carbonyl (C=O) groups is 1. The Labute approximate surface area is 127 Å². The summed E-state index contributed by atoms with van der Waals surface area (Å²) in [6, 6.07) is 8.27. The Balaban J connectivity index is 1.84. The highest BCUT2D eigenvalue weighted by molar-refractivity contribution is 7.18. The second-order valence-electron chi connectivity index (χ2n) is 5.30. The van der Waals surface area contributed by atoms with Crippen molar-refractivity contribution in [2.24, 2.45) is 0 Å². The van der Waals surface area contributed by atoms with Crippen LogP contribution in [0.5, 0.6) is 0 Å². The molecule has 1 aliphatic carbocycles. The fourth-order valence-electron chi connectivity index (χ4n) is 2.15. The van der Waals surface area contributed by atoms with Crippen molar-refractivity contribution < 1.29 is 4.79 Å². The van der Waals surface area contributed by atoms with Crippen LogP contribution in [0.4, 0.5) is 16.6 Å². The summed E-state index contributed by atoms with van der Waals surface area (Å²) in [6.45, 7) is 1.98. The van der Waals surface area contributed by atoms with Crippen LogP contribution >= 0.6 is 11.3 Å². The first-order valence-electron chi connectivity index (χ1n) is 6.93. The second-order valence-corrected chi connectivity index (χ2v) is 6.30. The van der Waals surface area contributed by atoms with E-state index in [2.05, 4.69) is 10.3 Å². The molecule has 1 aliphatic rings.